The summed E-state index contributed by atoms with van der Waals surface area (Å²) in [5.41, 5.74) is 0.548. The highest BCUT2D eigenvalue weighted by Crippen LogP contribution is 2.14. The lowest BCUT2D eigenvalue weighted by molar-refractivity contribution is 0.157. The first kappa shape index (κ1) is 8.36. The highest BCUT2D eigenvalue weighted by Gasteiger charge is 2.09. The monoisotopic (exact) mass is 192 g/mol. The summed E-state index contributed by atoms with van der Waals surface area (Å²) in [5, 5.41) is 33.4. The van der Waals surface area contributed by atoms with Crippen LogP contribution in [0.25, 0.3) is 11.4 Å². The molecule has 0 saturated carbocycles. The molecule has 0 fully saturated rings. The van der Waals surface area contributed by atoms with Crippen LogP contribution in [0.1, 0.15) is 0 Å². The SMILES string of the molecule is N=c1cc2n(O)ccn(O)c-2cc1=N. The Morgan fingerprint density at radius 1 is 0.857 bits per heavy atom. The maximum atomic E-state index is 9.36. The van der Waals surface area contributed by atoms with E-state index >= 15 is 0 Å². The minimum atomic E-state index is -0.00787. The van der Waals surface area contributed by atoms with Crippen LogP contribution in [0.15, 0.2) is 24.5 Å². The quantitative estimate of drug-likeness (QED) is 0.436. The smallest absolute Gasteiger partial charge is 0.109 e. The topological polar surface area (TPSA) is 98.0 Å². The Hall–Kier alpha value is -2.24. The van der Waals surface area contributed by atoms with Crippen LogP contribution >= 0.6 is 0 Å². The van der Waals surface area contributed by atoms with Crippen LogP contribution in [0, 0.1) is 10.8 Å². The van der Waals surface area contributed by atoms with Gasteiger partial charge in [0, 0.05) is 0 Å². The molecule has 6 heteroatoms. The predicted octanol–water partition coefficient (Wildman–Crippen LogP) is -0.172. The van der Waals surface area contributed by atoms with Crippen molar-refractivity contribution in [2.45, 2.75) is 0 Å². The van der Waals surface area contributed by atoms with Gasteiger partial charge in [-0.1, -0.05) is 0 Å². The molecule has 0 aromatic carbocycles. The highest BCUT2D eigenvalue weighted by atomic mass is 16.5. The zero-order chi connectivity index (χ0) is 10.3. The molecule has 1 aliphatic carbocycles. The van der Waals surface area contributed by atoms with Crippen molar-refractivity contribution < 1.29 is 10.4 Å². The molecule has 0 atom stereocenters. The molecule has 0 amide bonds. The van der Waals surface area contributed by atoms with Gasteiger partial charge in [0.1, 0.15) is 11.4 Å². The van der Waals surface area contributed by atoms with Crippen molar-refractivity contribution >= 4 is 0 Å². The van der Waals surface area contributed by atoms with Gasteiger partial charge >= 0.3 is 0 Å². The molecule has 14 heavy (non-hydrogen) atoms. The number of aromatic nitrogens is 2. The number of hydrogen-bond acceptors (Lipinski definition) is 4. The van der Waals surface area contributed by atoms with Crippen LogP contribution in [0.3, 0.4) is 0 Å². The van der Waals surface area contributed by atoms with Crippen LogP contribution < -0.4 is 10.7 Å². The maximum absolute atomic E-state index is 9.36. The Kier molecular flexibility index (Phi) is 1.57. The Morgan fingerprint density at radius 3 is 1.57 bits per heavy atom. The van der Waals surface area contributed by atoms with Gasteiger partial charge in [0.25, 0.3) is 0 Å². The van der Waals surface area contributed by atoms with Gasteiger partial charge in [-0.05, 0) is 12.1 Å². The van der Waals surface area contributed by atoms with Gasteiger partial charge in [0.05, 0.1) is 23.1 Å². The molecule has 1 heterocycles. The number of fused-ring (bicyclic) bond motifs is 1. The van der Waals surface area contributed by atoms with E-state index in [4.69, 9.17) is 10.8 Å². The van der Waals surface area contributed by atoms with Crippen LogP contribution in [0.4, 0.5) is 0 Å². The average molecular weight is 192 g/mol. The third-order valence-electron chi connectivity index (χ3n) is 1.96. The van der Waals surface area contributed by atoms with Crippen molar-refractivity contribution in [3.63, 3.8) is 0 Å². The second kappa shape index (κ2) is 2.63. The van der Waals surface area contributed by atoms with Gasteiger partial charge in [-0.3, -0.25) is 10.8 Å². The minimum Gasteiger partial charge on any atom is -0.428 e. The van der Waals surface area contributed by atoms with Crippen LogP contribution in [0.2, 0.25) is 0 Å². The summed E-state index contributed by atoms with van der Waals surface area (Å²) in [6.07, 6.45) is 2.48. The molecule has 0 aromatic heterocycles. The molecular weight excluding hydrogens is 184 g/mol. The summed E-state index contributed by atoms with van der Waals surface area (Å²) >= 11 is 0. The van der Waals surface area contributed by atoms with E-state index in [2.05, 4.69) is 0 Å². The summed E-state index contributed by atoms with van der Waals surface area (Å²) in [5.74, 6) is 0. The van der Waals surface area contributed by atoms with E-state index in [-0.39, 0.29) is 22.1 Å². The van der Waals surface area contributed by atoms with Crippen molar-refractivity contribution in [3.05, 3.63) is 35.2 Å². The first-order valence-corrected chi connectivity index (χ1v) is 3.85. The maximum Gasteiger partial charge on any atom is 0.109 e. The zero-order valence-electron chi connectivity index (χ0n) is 7.10. The zero-order valence-corrected chi connectivity index (χ0v) is 7.10. The molecule has 0 aromatic rings. The van der Waals surface area contributed by atoms with E-state index in [0.717, 1.165) is 9.46 Å². The summed E-state index contributed by atoms with van der Waals surface area (Å²) in [6, 6.07) is 2.62. The van der Waals surface area contributed by atoms with E-state index in [1.165, 1.54) is 24.5 Å². The van der Waals surface area contributed by atoms with Gasteiger partial charge in [0.15, 0.2) is 0 Å². The Balaban J connectivity index is 3.01. The molecule has 6 nitrogen and oxygen atoms in total. The lowest BCUT2D eigenvalue weighted by Crippen LogP contribution is -2.25. The first-order chi connectivity index (χ1) is 6.59. The van der Waals surface area contributed by atoms with Crippen molar-refractivity contribution in [2.75, 3.05) is 0 Å². The third kappa shape index (κ3) is 1.05. The van der Waals surface area contributed by atoms with Gasteiger partial charge in [-0.25, -0.2) is 0 Å². The number of hydrogen-bond donors (Lipinski definition) is 4. The van der Waals surface area contributed by atoms with Crippen LogP contribution in [-0.2, 0) is 0 Å². The third-order valence-corrected chi connectivity index (χ3v) is 1.96. The van der Waals surface area contributed by atoms with E-state index < -0.39 is 0 Å². The number of rotatable bonds is 0. The van der Waals surface area contributed by atoms with Crippen molar-refractivity contribution in [1.29, 1.82) is 10.8 Å². The molecule has 72 valence electrons. The Labute approximate surface area is 78.2 Å². The fourth-order valence-corrected chi connectivity index (χ4v) is 1.23. The average Bonchev–Trinajstić information content (AvgIpc) is 2.15. The van der Waals surface area contributed by atoms with Gasteiger partial charge < -0.3 is 10.4 Å². The second-order valence-electron chi connectivity index (χ2n) is 2.87. The molecular formula is C8H8N4O2. The number of benzene rings is 1. The molecule has 0 radical (unpaired) electrons. The van der Waals surface area contributed by atoms with Crippen molar-refractivity contribution in [3.8, 4) is 11.4 Å². The van der Waals surface area contributed by atoms with Gasteiger partial charge in [0.2, 0.25) is 0 Å². The summed E-state index contributed by atoms with van der Waals surface area (Å²) in [4.78, 5) is 0. The fraction of sp³-hybridized carbons (Fsp3) is 0. The molecule has 0 bridgehead atoms. The lowest BCUT2D eigenvalue weighted by atomic mass is 10.2. The van der Waals surface area contributed by atoms with Gasteiger partial charge in [-0.2, -0.15) is 9.46 Å². The van der Waals surface area contributed by atoms with Crippen molar-refractivity contribution in [1.82, 2.24) is 9.46 Å². The molecule has 2 rings (SSSR count). The Morgan fingerprint density at radius 2 is 1.21 bits per heavy atom. The van der Waals surface area contributed by atoms with Crippen molar-refractivity contribution in [2.24, 2.45) is 0 Å². The number of nitrogens with zero attached hydrogens (tertiary/aromatic N) is 2. The van der Waals surface area contributed by atoms with E-state index in [0.29, 0.717) is 0 Å². The number of nitrogens with one attached hydrogen (secondary N) is 2. The fourth-order valence-electron chi connectivity index (χ4n) is 1.23. The molecule has 1 aliphatic heterocycles. The standard InChI is InChI=1S/C8H8N4O2/c9-5-3-7-8(4-6(5)10)12(14)2-1-11(7)13/h1-4,9-10,13-14H. The second-order valence-corrected chi connectivity index (χ2v) is 2.87. The summed E-state index contributed by atoms with van der Waals surface area (Å²) in [6.45, 7) is 0. The van der Waals surface area contributed by atoms with Crippen LogP contribution in [-0.4, -0.2) is 19.9 Å². The van der Waals surface area contributed by atoms with Gasteiger partial charge in [-0.15, -0.1) is 0 Å². The molecule has 2 aliphatic rings. The first-order valence-electron chi connectivity index (χ1n) is 3.85. The summed E-state index contributed by atoms with van der Waals surface area (Å²) < 4.78 is 1.58. The molecule has 0 saturated heterocycles. The van der Waals surface area contributed by atoms with E-state index in [1.54, 1.807) is 0 Å². The molecule has 4 N–H and O–H groups in total. The summed E-state index contributed by atoms with van der Waals surface area (Å²) in [7, 11) is 0. The lowest BCUT2D eigenvalue weighted by Gasteiger charge is -2.12. The Bertz CT molecular complexity index is 517. The predicted molar refractivity (Wildman–Crippen MR) is 45.1 cm³/mol. The molecule has 0 spiro atoms. The van der Waals surface area contributed by atoms with Crippen LogP contribution in [0.5, 0.6) is 0 Å². The van der Waals surface area contributed by atoms with E-state index in [9.17, 15) is 10.4 Å². The largest absolute Gasteiger partial charge is 0.428 e. The minimum absolute atomic E-state index is 0.00787. The van der Waals surface area contributed by atoms with E-state index in [1.807, 2.05) is 0 Å². The molecule has 0 unspecified atom stereocenters. The highest BCUT2D eigenvalue weighted by molar-refractivity contribution is 5.55. The normalized spacial score (nSPS) is 10.6.